The second kappa shape index (κ2) is 3.28. The lowest BCUT2D eigenvalue weighted by Crippen LogP contribution is -2.53. The summed E-state index contributed by atoms with van der Waals surface area (Å²) in [7, 11) is 0. The molecule has 0 unspecified atom stereocenters. The molecule has 14 heavy (non-hydrogen) atoms. The van der Waals surface area contributed by atoms with Gasteiger partial charge in [-0.3, -0.25) is 0 Å². The summed E-state index contributed by atoms with van der Waals surface area (Å²) in [5.41, 5.74) is 0. The fraction of sp³-hybridized carbons (Fsp3) is 0.600. The van der Waals surface area contributed by atoms with Gasteiger partial charge in [0.05, 0.1) is 0 Å². The largest absolute Gasteiger partial charge is 0.475 e. The number of alkyl halides is 7. The van der Waals surface area contributed by atoms with Gasteiger partial charge in [0.15, 0.2) is 0 Å². The van der Waals surface area contributed by atoms with Crippen molar-refractivity contribution in [3.05, 3.63) is 12.6 Å². The minimum Gasteiger partial charge on any atom is -0.402 e. The van der Waals surface area contributed by atoms with Crippen LogP contribution in [0.3, 0.4) is 0 Å². The molecule has 0 rings (SSSR count). The summed E-state index contributed by atoms with van der Waals surface area (Å²) in [5.74, 6) is -6.49. The first-order chi connectivity index (χ1) is 5.92. The summed E-state index contributed by atoms with van der Waals surface area (Å²) in [6.07, 6.45) is -12.6. The van der Waals surface area contributed by atoms with Gasteiger partial charge in [0, 0.05) is 0 Å². The van der Waals surface area contributed by atoms with Crippen molar-refractivity contribution in [3.8, 4) is 0 Å². The van der Waals surface area contributed by atoms with E-state index in [9.17, 15) is 35.1 Å². The molecular weight excluding hydrogens is 228 g/mol. The lowest BCUT2D eigenvalue weighted by molar-refractivity contribution is -0.418. The van der Waals surface area contributed by atoms with E-state index in [1.54, 1.807) is 0 Å². The van der Waals surface area contributed by atoms with Gasteiger partial charge in [0.25, 0.3) is 6.01 Å². The molecule has 0 saturated heterocycles. The Hall–Kier alpha value is -1.02. The van der Waals surface area contributed by atoms with E-state index in [2.05, 4.69) is 4.74 Å². The number of rotatable bonds is 3. The van der Waals surface area contributed by atoms with Crippen LogP contribution < -0.4 is 0 Å². The molecular formula is C5H2F8O. The summed E-state index contributed by atoms with van der Waals surface area (Å²) < 4.78 is 95.5. The Kier molecular flexibility index (Phi) is 3.04. The summed E-state index contributed by atoms with van der Waals surface area (Å²) >= 11 is 0. The molecule has 0 aliphatic carbocycles. The highest BCUT2D eigenvalue weighted by atomic mass is 19.4. The lowest BCUT2D eigenvalue weighted by Gasteiger charge is -2.26. The van der Waals surface area contributed by atoms with E-state index in [4.69, 9.17) is 0 Å². The van der Waals surface area contributed by atoms with E-state index >= 15 is 0 Å². The number of ether oxygens (including phenoxy) is 1. The Bertz CT molecular complexity index is 228. The molecule has 0 heterocycles. The van der Waals surface area contributed by atoms with Gasteiger partial charge in [-0.15, -0.1) is 0 Å². The molecule has 0 saturated carbocycles. The van der Waals surface area contributed by atoms with Crippen LogP contribution in [-0.4, -0.2) is 18.2 Å². The van der Waals surface area contributed by atoms with Gasteiger partial charge < -0.3 is 4.74 Å². The molecule has 0 spiro atoms. The first-order valence-corrected chi connectivity index (χ1v) is 2.77. The standard InChI is InChI=1S/C5H2F8O/c1-2(6)14-5(12,13)3(7,8)4(9,10)11/h1H2. The maximum atomic E-state index is 12.0. The van der Waals surface area contributed by atoms with E-state index in [0.717, 1.165) is 0 Å². The third kappa shape index (κ3) is 2.26. The van der Waals surface area contributed by atoms with Crippen molar-refractivity contribution in [2.45, 2.75) is 18.2 Å². The van der Waals surface area contributed by atoms with Gasteiger partial charge in [0.2, 0.25) is 0 Å². The number of hydrogen-bond acceptors (Lipinski definition) is 1. The van der Waals surface area contributed by atoms with Crippen LogP contribution in [0.15, 0.2) is 12.6 Å². The second-order valence-corrected chi connectivity index (χ2v) is 2.05. The fourth-order valence-corrected chi connectivity index (χ4v) is 0.368. The quantitative estimate of drug-likeness (QED) is 0.534. The summed E-state index contributed by atoms with van der Waals surface area (Å²) in [5, 5.41) is 0. The van der Waals surface area contributed by atoms with Gasteiger partial charge in [-0.1, -0.05) is 0 Å². The van der Waals surface area contributed by atoms with Crippen molar-refractivity contribution >= 4 is 0 Å². The smallest absolute Gasteiger partial charge is 0.402 e. The van der Waals surface area contributed by atoms with Gasteiger partial charge in [-0.25, -0.2) is 0 Å². The normalized spacial score (nSPS) is 14.0. The predicted molar refractivity (Wildman–Crippen MR) is 27.3 cm³/mol. The Balaban J connectivity index is 4.97. The number of hydrogen-bond donors (Lipinski definition) is 0. The highest BCUT2D eigenvalue weighted by Crippen LogP contribution is 2.47. The van der Waals surface area contributed by atoms with Crippen molar-refractivity contribution in [1.29, 1.82) is 0 Å². The lowest BCUT2D eigenvalue weighted by atomic mass is 10.3. The molecule has 0 fully saturated rings. The zero-order valence-electron chi connectivity index (χ0n) is 6.14. The van der Waals surface area contributed by atoms with Gasteiger partial charge >= 0.3 is 18.2 Å². The maximum absolute atomic E-state index is 12.0. The van der Waals surface area contributed by atoms with Crippen LogP contribution in [0, 0.1) is 0 Å². The van der Waals surface area contributed by atoms with E-state index in [-0.39, 0.29) is 0 Å². The van der Waals surface area contributed by atoms with Crippen LogP contribution in [0.1, 0.15) is 0 Å². The van der Waals surface area contributed by atoms with Crippen LogP contribution in [0.4, 0.5) is 35.1 Å². The molecule has 0 aromatic heterocycles. The molecule has 0 radical (unpaired) electrons. The van der Waals surface area contributed by atoms with Crippen molar-refractivity contribution in [3.63, 3.8) is 0 Å². The van der Waals surface area contributed by atoms with E-state index < -0.39 is 24.2 Å². The van der Waals surface area contributed by atoms with Crippen molar-refractivity contribution in [2.24, 2.45) is 0 Å². The molecule has 0 aliphatic heterocycles. The summed E-state index contributed by atoms with van der Waals surface area (Å²) in [6, 6.07) is -2.45. The average molecular weight is 230 g/mol. The van der Waals surface area contributed by atoms with Crippen LogP contribution in [0.5, 0.6) is 0 Å². The third-order valence-corrected chi connectivity index (χ3v) is 0.960. The molecule has 0 atom stereocenters. The van der Waals surface area contributed by atoms with Crippen molar-refractivity contribution < 1.29 is 39.9 Å². The van der Waals surface area contributed by atoms with E-state index in [0.29, 0.717) is 0 Å². The van der Waals surface area contributed by atoms with Crippen LogP contribution in [-0.2, 0) is 4.74 Å². The van der Waals surface area contributed by atoms with Crippen molar-refractivity contribution in [2.75, 3.05) is 0 Å². The van der Waals surface area contributed by atoms with Crippen LogP contribution >= 0.6 is 0 Å². The topological polar surface area (TPSA) is 9.23 Å². The Morgan fingerprint density at radius 2 is 1.29 bits per heavy atom. The van der Waals surface area contributed by atoms with Gasteiger partial charge in [-0.2, -0.15) is 35.1 Å². The maximum Gasteiger partial charge on any atom is 0.475 e. The third-order valence-electron chi connectivity index (χ3n) is 0.960. The SMILES string of the molecule is C=C(F)OC(F)(F)C(F)(F)C(F)(F)F. The van der Waals surface area contributed by atoms with Gasteiger partial charge in [0.1, 0.15) is 0 Å². The molecule has 0 amide bonds. The molecule has 0 N–H and O–H groups in total. The average Bonchev–Trinajstić information content (AvgIpc) is 1.80. The molecule has 0 aromatic carbocycles. The summed E-state index contributed by atoms with van der Waals surface area (Å²) in [6.45, 7) is 1.97. The first kappa shape index (κ1) is 13.0. The number of halogens is 8. The highest BCUT2D eigenvalue weighted by Gasteiger charge is 2.75. The van der Waals surface area contributed by atoms with Gasteiger partial charge in [-0.05, 0) is 6.58 Å². The monoisotopic (exact) mass is 230 g/mol. The highest BCUT2D eigenvalue weighted by molar-refractivity contribution is 4.87. The predicted octanol–water partition coefficient (Wildman–Crippen LogP) is 3.23. The zero-order chi connectivity index (χ0) is 11.8. The van der Waals surface area contributed by atoms with Crippen molar-refractivity contribution in [1.82, 2.24) is 0 Å². The zero-order valence-corrected chi connectivity index (χ0v) is 6.14. The Morgan fingerprint density at radius 1 is 0.929 bits per heavy atom. The van der Waals surface area contributed by atoms with E-state index in [1.807, 2.05) is 6.58 Å². The Morgan fingerprint density at radius 3 is 1.50 bits per heavy atom. The molecule has 0 aliphatic rings. The molecule has 1 nitrogen and oxygen atoms in total. The summed E-state index contributed by atoms with van der Waals surface area (Å²) in [4.78, 5) is 0. The molecule has 84 valence electrons. The first-order valence-electron chi connectivity index (χ1n) is 2.77. The second-order valence-electron chi connectivity index (χ2n) is 2.05. The molecule has 0 aromatic rings. The minimum atomic E-state index is -6.55. The molecule has 0 bridgehead atoms. The fourth-order valence-electron chi connectivity index (χ4n) is 0.368. The minimum absolute atomic E-state index is 1.97. The Labute approximate surface area is 71.9 Å². The van der Waals surface area contributed by atoms with Crippen LogP contribution in [0.25, 0.3) is 0 Å². The van der Waals surface area contributed by atoms with Crippen LogP contribution in [0.2, 0.25) is 0 Å². The van der Waals surface area contributed by atoms with E-state index in [1.165, 1.54) is 0 Å². The molecule has 9 heteroatoms.